The molecule has 3 nitrogen and oxygen atoms in total. The second kappa shape index (κ2) is 11.6. The summed E-state index contributed by atoms with van der Waals surface area (Å²) in [4.78, 5) is 0. The number of fused-ring (bicyclic) bond motifs is 1. The molecule has 0 amide bonds. The molecule has 3 aromatic rings. The molecule has 0 spiro atoms. The van der Waals surface area contributed by atoms with Crippen LogP contribution >= 0.6 is 0 Å². The van der Waals surface area contributed by atoms with Crippen molar-refractivity contribution in [2.75, 3.05) is 12.3 Å². The van der Waals surface area contributed by atoms with E-state index in [2.05, 4.69) is 62.4 Å². The molecule has 3 heteroatoms. The molecular formula is C28H36N2O. The number of nitrogens with two attached hydrogens (primary N) is 2. The Labute approximate surface area is 187 Å². The highest BCUT2D eigenvalue weighted by Gasteiger charge is 2.18. The van der Waals surface area contributed by atoms with Gasteiger partial charge in [0.05, 0.1) is 0 Å². The van der Waals surface area contributed by atoms with Gasteiger partial charge in [-0.3, -0.25) is 0 Å². The van der Waals surface area contributed by atoms with E-state index in [-0.39, 0.29) is 0 Å². The van der Waals surface area contributed by atoms with Gasteiger partial charge in [0.25, 0.3) is 0 Å². The molecule has 164 valence electrons. The van der Waals surface area contributed by atoms with Gasteiger partial charge in [-0.1, -0.05) is 62.7 Å². The van der Waals surface area contributed by atoms with Gasteiger partial charge in [-0.15, -0.1) is 0 Å². The first kappa shape index (κ1) is 22.9. The summed E-state index contributed by atoms with van der Waals surface area (Å²) in [5.41, 5.74) is 18.7. The van der Waals surface area contributed by atoms with Crippen molar-refractivity contribution in [1.82, 2.24) is 0 Å². The number of benzene rings is 3. The summed E-state index contributed by atoms with van der Waals surface area (Å²) >= 11 is 0. The zero-order valence-corrected chi connectivity index (χ0v) is 18.9. The van der Waals surface area contributed by atoms with Crippen molar-refractivity contribution in [3.05, 3.63) is 83.4 Å². The molecule has 4 N–H and O–H groups in total. The molecule has 0 heterocycles. The van der Waals surface area contributed by atoms with E-state index in [0.717, 1.165) is 59.9 Å². The van der Waals surface area contributed by atoms with Crippen molar-refractivity contribution in [3.8, 4) is 16.9 Å². The van der Waals surface area contributed by atoms with Crippen molar-refractivity contribution in [2.45, 2.75) is 52.6 Å². The second-order valence-corrected chi connectivity index (χ2v) is 8.43. The molecular weight excluding hydrogens is 380 g/mol. The summed E-state index contributed by atoms with van der Waals surface area (Å²) in [6.45, 7) is 5.61. The van der Waals surface area contributed by atoms with E-state index in [0.29, 0.717) is 6.61 Å². The first-order valence-corrected chi connectivity index (χ1v) is 11.5. The van der Waals surface area contributed by atoms with Crippen LogP contribution in [0, 0.1) is 5.92 Å². The van der Waals surface area contributed by atoms with Crippen LogP contribution < -0.4 is 16.2 Å². The van der Waals surface area contributed by atoms with E-state index in [1.165, 1.54) is 24.0 Å². The van der Waals surface area contributed by atoms with E-state index in [1.54, 1.807) is 0 Å². The summed E-state index contributed by atoms with van der Waals surface area (Å²) in [6.07, 6.45) is 5.90. The van der Waals surface area contributed by atoms with Crippen LogP contribution in [0.2, 0.25) is 0 Å². The molecule has 1 atom stereocenters. The number of rotatable bonds is 6. The number of nitrogen functional groups attached to an aromatic ring is 1. The lowest BCUT2D eigenvalue weighted by Gasteiger charge is -2.24. The molecule has 3 aromatic carbocycles. The van der Waals surface area contributed by atoms with E-state index in [4.69, 9.17) is 16.2 Å². The van der Waals surface area contributed by atoms with Crippen LogP contribution in [-0.4, -0.2) is 6.54 Å². The van der Waals surface area contributed by atoms with Crippen LogP contribution in [0.5, 0.6) is 5.75 Å². The molecule has 0 saturated heterocycles. The van der Waals surface area contributed by atoms with Crippen molar-refractivity contribution in [3.63, 3.8) is 0 Å². The fourth-order valence-corrected chi connectivity index (χ4v) is 4.06. The molecule has 31 heavy (non-hydrogen) atoms. The van der Waals surface area contributed by atoms with Gasteiger partial charge in [0.2, 0.25) is 0 Å². The average Bonchev–Trinajstić information content (AvgIpc) is 2.79. The fraction of sp³-hybridized carbons (Fsp3) is 0.357. The van der Waals surface area contributed by atoms with Gasteiger partial charge in [0, 0.05) is 5.69 Å². The Bertz CT molecular complexity index is 949. The number of ether oxygens (including phenoxy) is 1. The molecule has 1 aliphatic carbocycles. The minimum atomic E-state index is 0.575. The van der Waals surface area contributed by atoms with Gasteiger partial charge in [-0.25, -0.2) is 0 Å². The van der Waals surface area contributed by atoms with E-state index in [1.807, 2.05) is 18.2 Å². The maximum atomic E-state index is 6.06. The minimum absolute atomic E-state index is 0.575. The summed E-state index contributed by atoms with van der Waals surface area (Å²) in [5, 5.41) is 0. The molecule has 1 aliphatic rings. The molecule has 0 aromatic heterocycles. The molecule has 0 aliphatic heterocycles. The van der Waals surface area contributed by atoms with Crippen LogP contribution in [0.3, 0.4) is 0 Å². The van der Waals surface area contributed by atoms with Crippen molar-refractivity contribution in [1.29, 1.82) is 0 Å². The van der Waals surface area contributed by atoms with E-state index < -0.39 is 0 Å². The van der Waals surface area contributed by atoms with Crippen LogP contribution in [0.4, 0.5) is 5.69 Å². The largest absolute Gasteiger partial charge is 0.489 e. The number of hydrogen-bond acceptors (Lipinski definition) is 3. The highest BCUT2D eigenvalue weighted by molar-refractivity contribution is 5.67. The Morgan fingerprint density at radius 1 is 0.903 bits per heavy atom. The highest BCUT2D eigenvalue weighted by Crippen LogP contribution is 2.30. The van der Waals surface area contributed by atoms with Crippen LogP contribution in [0.25, 0.3) is 11.1 Å². The Kier molecular flexibility index (Phi) is 8.54. The summed E-state index contributed by atoms with van der Waals surface area (Å²) in [6, 6.07) is 23.0. The second-order valence-electron chi connectivity index (χ2n) is 8.43. The Morgan fingerprint density at radius 2 is 1.68 bits per heavy atom. The average molecular weight is 417 g/mol. The lowest BCUT2D eigenvalue weighted by atomic mass is 9.82. The monoisotopic (exact) mass is 416 g/mol. The van der Waals surface area contributed by atoms with Gasteiger partial charge in [-0.05, 0) is 90.2 Å². The SMILES string of the molecule is CCC.NCCC1CCc2cc(OCc3ccc(-c4cccc(N)c4)cc3)ccc2C1. The zero-order valence-electron chi connectivity index (χ0n) is 18.9. The van der Waals surface area contributed by atoms with Gasteiger partial charge in [0.15, 0.2) is 0 Å². The molecule has 1 unspecified atom stereocenters. The number of anilines is 1. The minimum Gasteiger partial charge on any atom is -0.489 e. The fourth-order valence-electron chi connectivity index (χ4n) is 4.06. The lowest BCUT2D eigenvalue weighted by molar-refractivity contribution is 0.305. The predicted molar refractivity (Wildman–Crippen MR) is 132 cm³/mol. The topological polar surface area (TPSA) is 61.3 Å². The molecule has 0 fully saturated rings. The smallest absolute Gasteiger partial charge is 0.120 e. The van der Waals surface area contributed by atoms with Crippen molar-refractivity contribution < 1.29 is 4.74 Å². The maximum Gasteiger partial charge on any atom is 0.120 e. The molecule has 0 radical (unpaired) electrons. The third-order valence-corrected chi connectivity index (χ3v) is 5.66. The Morgan fingerprint density at radius 3 is 2.39 bits per heavy atom. The predicted octanol–water partition coefficient (Wildman–Crippen LogP) is 6.38. The standard InChI is InChI=1S/C25H28N2O.C3H8/c26-13-12-18-4-9-23-16-25(11-10-22(23)14-18)28-17-19-5-7-20(8-6-19)21-2-1-3-24(27)15-21;1-3-2/h1-3,5-8,10-11,15-16,18H,4,9,12-14,17,26-27H2;3H2,1-2H3. The summed E-state index contributed by atoms with van der Waals surface area (Å²) in [5.74, 6) is 1.69. The quantitative estimate of drug-likeness (QED) is 0.458. The van der Waals surface area contributed by atoms with Crippen LogP contribution in [0.1, 0.15) is 49.8 Å². The third kappa shape index (κ3) is 6.60. The van der Waals surface area contributed by atoms with Gasteiger partial charge in [-0.2, -0.15) is 0 Å². The zero-order chi connectivity index (χ0) is 22.1. The first-order chi connectivity index (χ1) is 15.1. The number of aryl methyl sites for hydroxylation is 1. The lowest BCUT2D eigenvalue weighted by Crippen LogP contribution is -2.17. The van der Waals surface area contributed by atoms with Gasteiger partial charge < -0.3 is 16.2 Å². The van der Waals surface area contributed by atoms with Crippen LogP contribution in [-0.2, 0) is 19.4 Å². The third-order valence-electron chi connectivity index (χ3n) is 5.66. The molecule has 0 saturated carbocycles. The maximum absolute atomic E-state index is 6.06. The summed E-state index contributed by atoms with van der Waals surface area (Å²) in [7, 11) is 0. The van der Waals surface area contributed by atoms with Crippen molar-refractivity contribution in [2.24, 2.45) is 11.7 Å². The normalized spacial score (nSPS) is 14.9. The first-order valence-electron chi connectivity index (χ1n) is 11.5. The molecule has 0 bridgehead atoms. The van der Waals surface area contributed by atoms with Gasteiger partial charge >= 0.3 is 0 Å². The summed E-state index contributed by atoms with van der Waals surface area (Å²) < 4.78 is 6.06. The molecule has 4 rings (SSSR count). The van der Waals surface area contributed by atoms with Gasteiger partial charge in [0.1, 0.15) is 12.4 Å². The van der Waals surface area contributed by atoms with Crippen LogP contribution in [0.15, 0.2) is 66.7 Å². The Balaban J connectivity index is 0.000000858. The Hall–Kier alpha value is -2.78. The number of hydrogen-bond donors (Lipinski definition) is 2. The highest BCUT2D eigenvalue weighted by atomic mass is 16.5. The van der Waals surface area contributed by atoms with E-state index in [9.17, 15) is 0 Å². The van der Waals surface area contributed by atoms with Crippen molar-refractivity contribution >= 4 is 5.69 Å². The van der Waals surface area contributed by atoms with E-state index >= 15 is 0 Å².